The maximum atomic E-state index is 10.4. The predicted molar refractivity (Wildman–Crippen MR) is 41.7 cm³/mol. The minimum absolute atomic E-state index is 0. The quantitative estimate of drug-likeness (QED) is 0.409. The zero-order valence-corrected chi connectivity index (χ0v) is 10.7. The molecule has 0 saturated heterocycles. The number of halogens is 1. The zero-order chi connectivity index (χ0) is 8.32. The van der Waals surface area contributed by atoms with Crippen molar-refractivity contribution in [2.24, 2.45) is 0 Å². The van der Waals surface area contributed by atoms with Gasteiger partial charge in [0.15, 0.2) is 0 Å². The van der Waals surface area contributed by atoms with Gasteiger partial charge in [-0.2, -0.15) is 8.42 Å². The van der Waals surface area contributed by atoms with Crippen molar-refractivity contribution in [2.45, 2.75) is 5.75 Å². The first-order valence-electron chi connectivity index (χ1n) is 3.07. The van der Waals surface area contributed by atoms with Crippen LogP contribution in [-0.2, 0) is 15.9 Å². The fourth-order valence-corrected chi connectivity index (χ4v) is 1.40. The van der Waals surface area contributed by atoms with Gasteiger partial charge >= 0.3 is 29.6 Å². The van der Waals surface area contributed by atoms with Gasteiger partial charge in [-0.15, -0.1) is 0 Å². The number of hydrogen-bond acceptors (Lipinski definition) is 2. The van der Waals surface area contributed by atoms with Crippen LogP contribution in [0, 0.1) is 0 Å². The first-order valence-corrected chi connectivity index (χ1v) is 4.68. The van der Waals surface area contributed by atoms with Crippen LogP contribution < -0.4 is 42.0 Å². The molecule has 1 aromatic rings. The third-order valence-corrected chi connectivity index (χ3v) is 1.89. The minimum Gasteiger partial charge on any atom is -1.00 e. The second-order valence-corrected chi connectivity index (χ2v) is 3.66. The van der Waals surface area contributed by atoms with E-state index in [1.807, 2.05) is 0 Å². The maximum absolute atomic E-state index is 10.4. The topological polar surface area (TPSA) is 54.4 Å². The van der Waals surface area contributed by atoms with Crippen LogP contribution in [0.25, 0.3) is 0 Å². The van der Waals surface area contributed by atoms with Crippen LogP contribution in [-0.4, -0.2) is 13.0 Å². The molecular weight excluding hydrogens is 223 g/mol. The number of benzene rings is 1. The molecule has 0 aromatic heterocycles. The van der Waals surface area contributed by atoms with E-state index in [9.17, 15) is 8.42 Å². The molecule has 0 aliphatic carbocycles. The van der Waals surface area contributed by atoms with Gasteiger partial charge in [0.25, 0.3) is 10.1 Å². The van der Waals surface area contributed by atoms with Gasteiger partial charge in [0.2, 0.25) is 0 Å². The Morgan fingerprint density at radius 3 is 2.00 bits per heavy atom. The van der Waals surface area contributed by atoms with E-state index in [1.165, 1.54) is 0 Å². The first-order chi connectivity index (χ1) is 5.08. The molecule has 0 aliphatic heterocycles. The fraction of sp³-hybridized carbons (Fsp3) is 0.143. The molecule has 0 atom stereocenters. The van der Waals surface area contributed by atoms with Crippen LogP contribution in [0.2, 0.25) is 0 Å². The van der Waals surface area contributed by atoms with E-state index in [2.05, 4.69) is 0 Å². The summed E-state index contributed by atoms with van der Waals surface area (Å²) in [6.07, 6.45) is 0. The van der Waals surface area contributed by atoms with Gasteiger partial charge in [0.1, 0.15) is 5.75 Å². The van der Waals surface area contributed by atoms with Crippen molar-refractivity contribution in [2.75, 3.05) is 0 Å². The largest absolute Gasteiger partial charge is 1.00 e. The van der Waals surface area contributed by atoms with Crippen LogP contribution in [0.3, 0.4) is 0 Å². The molecule has 1 rings (SSSR count). The molecule has 0 spiro atoms. The Morgan fingerprint density at radius 1 is 1.15 bits per heavy atom. The molecule has 0 fully saturated rings. The Bertz CT molecular complexity index is 325. The van der Waals surface area contributed by atoms with Crippen LogP contribution in [0.4, 0.5) is 0 Å². The molecule has 0 saturated carbocycles. The monoisotopic (exact) mass is 230 g/mol. The van der Waals surface area contributed by atoms with E-state index in [1.54, 1.807) is 30.3 Å². The Labute approximate surface area is 106 Å². The summed E-state index contributed by atoms with van der Waals surface area (Å²) in [4.78, 5) is 0. The van der Waals surface area contributed by atoms with E-state index in [0.29, 0.717) is 5.56 Å². The Morgan fingerprint density at radius 2 is 1.62 bits per heavy atom. The minimum atomic E-state index is -3.88. The van der Waals surface area contributed by atoms with E-state index in [0.717, 1.165) is 0 Å². The van der Waals surface area contributed by atoms with Crippen molar-refractivity contribution >= 4 is 10.1 Å². The second kappa shape index (κ2) is 6.81. The van der Waals surface area contributed by atoms with E-state index in [4.69, 9.17) is 4.55 Å². The predicted octanol–water partition coefficient (Wildman–Crippen LogP) is -4.92. The van der Waals surface area contributed by atoms with Crippen molar-refractivity contribution in [3.8, 4) is 0 Å². The summed E-state index contributed by atoms with van der Waals surface area (Å²) < 4.78 is 29.2. The van der Waals surface area contributed by atoms with Gasteiger partial charge in [-0.3, -0.25) is 4.55 Å². The van der Waals surface area contributed by atoms with Crippen LogP contribution in [0.5, 0.6) is 0 Å². The summed E-state index contributed by atoms with van der Waals surface area (Å²) in [5.41, 5.74) is 0.593. The molecule has 0 amide bonds. The van der Waals surface area contributed by atoms with Crippen LogP contribution in [0.15, 0.2) is 30.3 Å². The summed E-state index contributed by atoms with van der Waals surface area (Å²) in [7, 11) is -3.88. The van der Waals surface area contributed by atoms with E-state index < -0.39 is 10.1 Å². The van der Waals surface area contributed by atoms with Crippen molar-refractivity contribution in [1.82, 2.24) is 0 Å². The zero-order valence-electron chi connectivity index (χ0n) is 7.14. The molecule has 3 nitrogen and oxygen atoms in total. The van der Waals surface area contributed by atoms with Gasteiger partial charge in [0.05, 0.1) is 0 Å². The Hall–Kier alpha value is 0.420. The molecule has 68 valence electrons. The van der Waals surface area contributed by atoms with Crippen molar-refractivity contribution < 1.29 is 54.9 Å². The number of rotatable bonds is 2. The van der Waals surface area contributed by atoms with Crippen molar-refractivity contribution in [3.05, 3.63) is 35.9 Å². The molecule has 0 heterocycles. The van der Waals surface area contributed by atoms with Crippen molar-refractivity contribution in [1.29, 1.82) is 0 Å². The summed E-state index contributed by atoms with van der Waals surface area (Å²) in [5.74, 6) is -0.312. The Kier molecular flexibility index (Phi) is 8.32. The molecule has 13 heavy (non-hydrogen) atoms. The van der Waals surface area contributed by atoms with Gasteiger partial charge < -0.3 is 12.4 Å². The standard InChI is InChI=1S/C7H8O3S.ClH.Na/c8-11(9,10)6-7-4-2-1-3-5-7;;/h1-5H,6H2,(H,8,9,10);1H;/q;;+1/p-1. The average Bonchev–Trinajstić information content (AvgIpc) is 1.85. The van der Waals surface area contributed by atoms with Gasteiger partial charge in [0, 0.05) is 0 Å². The van der Waals surface area contributed by atoms with Crippen LogP contribution in [0.1, 0.15) is 5.56 Å². The summed E-state index contributed by atoms with van der Waals surface area (Å²) in [6.45, 7) is 0. The fourth-order valence-electron chi connectivity index (χ4n) is 0.785. The molecular formula is C7H8ClNaO3S. The summed E-state index contributed by atoms with van der Waals surface area (Å²) in [6, 6.07) is 8.52. The molecule has 1 N–H and O–H groups in total. The average molecular weight is 231 g/mol. The molecule has 0 bridgehead atoms. The molecule has 0 radical (unpaired) electrons. The smallest absolute Gasteiger partial charge is 1.00 e. The third-order valence-electron chi connectivity index (χ3n) is 1.19. The molecule has 1 aromatic carbocycles. The normalized spacial score (nSPS) is 9.62. The maximum Gasteiger partial charge on any atom is 1.00 e. The third kappa shape index (κ3) is 7.49. The van der Waals surface area contributed by atoms with Gasteiger partial charge in [-0.25, -0.2) is 0 Å². The molecule has 0 unspecified atom stereocenters. The molecule has 6 heteroatoms. The van der Waals surface area contributed by atoms with Crippen molar-refractivity contribution in [3.63, 3.8) is 0 Å². The van der Waals surface area contributed by atoms with Crippen LogP contribution >= 0.6 is 0 Å². The summed E-state index contributed by atoms with van der Waals surface area (Å²) in [5, 5.41) is 0. The Balaban J connectivity index is 0. The SMILES string of the molecule is O=S(=O)(O)Cc1ccccc1.[Cl-].[Na+]. The molecule has 0 aliphatic rings. The van der Waals surface area contributed by atoms with E-state index >= 15 is 0 Å². The summed E-state index contributed by atoms with van der Waals surface area (Å²) >= 11 is 0. The number of hydrogen-bond donors (Lipinski definition) is 1. The van der Waals surface area contributed by atoms with Gasteiger partial charge in [-0.05, 0) is 5.56 Å². The second-order valence-electron chi connectivity index (χ2n) is 2.21. The first kappa shape index (κ1) is 15.9. The van der Waals surface area contributed by atoms with E-state index in [-0.39, 0.29) is 47.7 Å². The van der Waals surface area contributed by atoms with Gasteiger partial charge in [-0.1, -0.05) is 30.3 Å².